The Kier molecular flexibility index (Phi) is 4.74. The molecular formula is C16H15ClFNO. The number of hydrogen-bond donors (Lipinski definition) is 1. The van der Waals surface area contributed by atoms with Gasteiger partial charge in [0, 0.05) is 12.1 Å². The topological polar surface area (TPSA) is 29.1 Å². The van der Waals surface area contributed by atoms with E-state index in [-0.39, 0.29) is 16.8 Å². The van der Waals surface area contributed by atoms with E-state index in [2.05, 4.69) is 5.32 Å². The Labute approximate surface area is 122 Å². The SMILES string of the molecule is CC(CC(=O)Nc1ccc(F)c(Cl)c1)c1ccccc1. The van der Waals surface area contributed by atoms with Crippen molar-refractivity contribution in [2.75, 3.05) is 5.32 Å². The molecule has 4 heteroatoms. The fourth-order valence-corrected chi connectivity index (χ4v) is 2.14. The second-order valence-electron chi connectivity index (χ2n) is 4.69. The summed E-state index contributed by atoms with van der Waals surface area (Å²) in [5, 5.41) is 2.72. The fraction of sp³-hybridized carbons (Fsp3) is 0.188. The van der Waals surface area contributed by atoms with Crippen molar-refractivity contribution < 1.29 is 9.18 Å². The maximum Gasteiger partial charge on any atom is 0.224 e. The van der Waals surface area contributed by atoms with Crippen molar-refractivity contribution >= 4 is 23.2 Å². The molecule has 2 aromatic rings. The number of hydrogen-bond acceptors (Lipinski definition) is 1. The third-order valence-corrected chi connectivity index (χ3v) is 3.35. The Morgan fingerprint density at radius 2 is 1.95 bits per heavy atom. The molecule has 0 aromatic heterocycles. The molecule has 104 valence electrons. The molecule has 0 aliphatic carbocycles. The van der Waals surface area contributed by atoms with Crippen LogP contribution in [0.15, 0.2) is 48.5 Å². The lowest BCUT2D eigenvalue weighted by molar-refractivity contribution is -0.116. The van der Waals surface area contributed by atoms with Crippen LogP contribution in [0.5, 0.6) is 0 Å². The van der Waals surface area contributed by atoms with Crippen molar-refractivity contribution in [2.45, 2.75) is 19.3 Å². The maximum atomic E-state index is 13.0. The molecule has 0 aliphatic rings. The first-order chi connectivity index (χ1) is 9.56. The van der Waals surface area contributed by atoms with Crippen LogP contribution in [0.2, 0.25) is 5.02 Å². The monoisotopic (exact) mass is 291 g/mol. The fourth-order valence-electron chi connectivity index (χ4n) is 1.96. The summed E-state index contributed by atoms with van der Waals surface area (Å²) in [5.74, 6) is -0.501. The first-order valence-electron chi connectivity index (χ1n) is 6.36. The molecule has 1 amide bonds. The zero-order valence-electron chi connectivity index (χ0n) is 11.1. The number of benzene rings is 2. The molecule has 1 unspecified atom stereocenters. The molecule has 20 heavy (non-hydrogen) atoms. The summed E-state index contributed by atoms with van der Waals surface area (Å²) in [6.07, 6.45) is 0.360. The van der Waals surface area contributed by atoms with Gasteiger partial charge >= 0.3 is 0 Å². The number of nitrogens with one attached hydrogen (secondary N) is 1. The standard InChI is InChI=1S/C16H15ClFNO/c1-11(12-5-3-2-4-6-12)9-16(20)19-13-7-8-15(18)14(17)10-13/h2-8,10-11H,9H2,1H3,(H,19,20). The van der Waals surface area contributed by atoms with Gasteiger partial charge < -0.3 is 5.32 Å². The number of rotatable bonds is 4. The summed E-state index contributed by atoms with van der Waals surface area (Å²) in [7, 11) is 0. The molecule has 0 fully saturated rings. The Morgan fingerprint density at radius 1 is 1.25 bits per heavy atom. The molecule has 0 aliphatic heterocycles. The number of amides is 1. The van der Waals surface area contributed by atoms with Crippen LogP contribution in [0.1, 0.15) is 24.8 Å². The van der Waals surface area contributed by atoms with E-state index >= 15 is 0 Å². The predicted octanol–water partition coefficient (Wildman–Crippen LogP) is 4.61. The van der Waals surface area contributed by atoms with Gasteiger partial charge in [-0.1, -0.05) is 48.9 Å². The summed E-state index contributed by atoms with van der Waals surface area (Å²) < 4.78 is 13.0. The highest BCUT2D eigenvalue weighted by atomic mass is 35.5. The van der Waals surface area contributed by atoms with Crippen LogP contribution >= 0.6 is 11.6 Å². The molecular weight excluding hydrogens is 277 g/mol. The third kappa shape index (κ3) is 3.81. The van der Waals surface area contributed by atoms with Crippen molar-refractivity contribution in [3.05, 3.63) is 64.9 Å². The Balaban J connectivity index is 1.97. The molecule has 2 aromatic carbocycles. The normalized spacial score (nSPS) is 11.9. The number of carbonyl (C=O) groups is 1. The number of carbonyl (C=O) groups excluding carboxylic acids is 1. The first kappa shape index (κ1) is 14.5. The van der Waals surface area contributed by atoms with Gasteiger partial charge in [-0.2, -0.15) is 0 Å². The van der Waals surface area contributed by atoms with E-state index in [0.29, 0.717) is 12.1 Å². The van der Waals surface area contributed by atoms with Gasteiger partial charge in [-0.3, -0.25) is 4.79 Å². The second-order valence-corrected chi connectivity index (χ2v) is 5.10. The lowest BCUT2D eigenvalue weighted by atomic mass is 9.97. The Bertz CT molecular complexity index is 601. The molecule has 0 bridgehead atoms. The quantitative estimate of drug-likeness (QED) is 0.875. The molecule has 0 radical (unpaired) electrons. The van der Waals surface area contributed by atoms with Crippen LogP contribution in [-0.4, -0.2) is 5.91 Å². The molecule has 1 atom stereocenters. The van der Waals surface area contributed by atoms with Crippen LogP contribution in [0.25, 0.3) is 0 Å². The number of halogens is 2. The summed E-state index contributed by atoms with van der Waals surface area (Å²) in [4.78, 5) is 11.9. The van der Waals surface area contributed by atoms with Gasteiger partial charge in [0.2, 0.25) is 5.91 Å². The van der Waals surface area contributed by atoms with E-state index in [1.54, 1.807) is 0 Å². The van der Waals surface area contributed by atoms with Crippen molar-refractivity contribution in [1.82, 2.24) is 0 Å². The summed E-state index contributed by atoms with van der Waals surface area (Å²) in [5.41, 5.74) is 1.61. The van der Waals surface area contributed by atoms with E-state index in [1.807, 2.05) is 37.3 Å². The highest BCUT2D eigenvalue weighted by Crippen LogP contribution is 2.22. The molecule has 0 saturated heterocycles. The van der Waals surface area contributed by atoms with Gasteiger partial charge in [0.15, 0.2) is 0 Å². The van der Waals surface area contributed by atoms with E-state index in [9.17, 15) is 9.18 Å². The smallest absolute Gasteiger partial charge is 0.224 e. The van der Waals surface area contributed by atoms with Crippen LogP contribution < -0.4 is 5.32 Å². The van der Waals surface area contributed by atoms with Gasteiger partial charge in [-0.15, -0.1) is 0 Å². The Morgan fingerprint density at radius 3 is 2.60 bits per heavy atom. The van der Waals surface area contributed by atoms with Crippen molar-refractivity contribution in [1.29, 1.82) is 0 Å². The molecule has 0 heterocycles. The van der Waals surface area contributed by atoms with Gasteiger partial charge in [0.25, 0.3) is 0 Å². The highest BCUT2D eigenvalue weighted by Gasteiger charge is 2.11. The minimum absolute atomic E-state index is 0.00101. The second kappa shape index (κ2) is 6.53. The molecule has 1 N–H and O–H groups in total. The van der Waals surface area contributed by atoms with Gasteiger partial charge in [-0.05, 0) is 29.7 Å². The van der Waals surface area contributed by atoms with Gasteiger partial charge in [0.05, 0.1) is 5.02 Å². The highest BCUT2D eigenvalue weighted by molar-refractivity contribution is 6.31. The average Bonchev–Trinajstić information content (AvgIpc) is 2.44. The Hall–Kier alpha value is -1.87. The van der Waals surface area contributed by atoms with Crippen LogP contribution in [0, 0.1) is 5.82 Å². The molecule has 0 saturated carbocycles. The lowest BCUT2D eigenvalue weighted by Crippen LogP contribution is -2.14. The van der Waals surface area contributed by atoms with E-state index in [1.165, 1.54) is 18.2 Å². The molecule has 2 nitrogen and oxygen atoms in total. The summed E-state index contributed by atoms with van der Waals surface area (Å²) >= 11 is 5.67. The van der Waals surface area contributed by atoms with Crippen LogP contribution in [-0.2, 0) is 4.79 Å². The van der Waals surface area contributed by atoms with Crippen molar-refractivity contribution in [3.63, 3.8) is 0 Å². The van der Waals surface area contributed by atoms with Gasteiger partial charge in [-0.25, -0.2) is 4.39 Å². The average molecular weight is 292 g/mol. The largest absolute Gasteiger partial charge is 0.326 e. The van der Waals surface area contributed by atoms with Crippen molar-refractivity contribution in [3.8, 4) is 0 Å². The maximum absolute atomic E-state index is 13.0. The van der Waals surface area contributed by atoms with E-state index < -0.39 is 5.82 Å². The van der Waals surface area contributed by atoms with Crippen molar-refractivity contribution in [2.24, 2.45) is 0 Å². The minimum atomic E-state index is -0.498. The molecule has 0 spiro atoms. The van der Waals surface area contributed by atoms with Gasteiger partial charge in [0.1, 0.15) is 5.82 Å². The third-order valence-electron chi connectivity index (χ3n) is 3.06. The summed E-state index contributed by atoms with van der Waals surface area (Å²) in [6.45, 7) is 1.99. The van der Waals surface area contributed by atoms with E-state index in [0.717, 1.165) is 5.56 Å². The van der Waals surface area contributed by atoms with Crippen LogP contribution in [0.3, 0.4) is 0 Å². The minimum Gasteiger partial charge on any atom is -0.326 e. The molecule has 2 rings (SSSR count). The van der Waals surface area contributed by atoms with E-state index in [4.69, 9.17) is 11.6 Å². The zero-order chi connectivity index (χ0) is 14.5. The van der Waals surface area contributed by atoms with Crippen LogP contribution in [0.4, 0.5) is 10.1 Å². The first-order valence-corrected chi connectivity index (χ1v) is 6.74. The predicted molar refractivity (Wildman–Crippen MR) is 79.5 cm³/mol. The lowest BCUT2D eigenvalue weighted by Gasteiger charge is -2.12. The number of anilines is 1. The summed E-state index contributed by atoms with van der Waals surface area (Å²) in [6, 6.07) is 14.0. The zero-order valence-corrected chi connectivity index (χ0v) is 11.8.